The van der Waals surface area contributed by atoms with Gasteiger partial charge in [0.15, 0.2) is 0 Å². The molecule has 0 saturated carbocycles. The van der Waals surface area contributed by atoms with Gasteiger partial charge < -0.3 is 0 Å². The van der Waals surface area contributed by atoms with E-state index in [-0.39, 0.29) is 27.1 Å². The minimum absolute atomic E-state index is 0. The molecule has 0 aromatic carbocycles. The molecule has 0 aliphatic carbocycles. The Balaban J connectivity index is -0.0000000800. The fourth-order valence-corrected chi connectivity index (χ4v) is 0. The molecule has 7 heavy (non-hydrogen) atoms. The van der Waals surface area contributed by atoms with Crippen molar-refractivity contribution < 1.29 is 40.1 Å². The van der Waals surface area contributed by atoms with E-state index in [1.54, 1.807) is 0 Å². The van der Waals surface area contributed by atoms with Gasteiger partial charge in [-0.3, -0.25) is 9.26 Å². The summed E-state index contributed by atoms with van der Waals surface area (Å²) >= 11 is 0. The van der Waals surface area contributed by atoms with E-state index >= 15 is 0 Å². The molecule has 0 unspecified atom stereocenters. The average molecular weight is 224 g/mol. The van der Waals surface area contributed by atoms with Crippen molar-refractivity contribution in [1.29, 1.82) is 0 Å². The second kappa shape index (κ2) is 4.73. The summed E-state index contributed by atoms with van der Waals surface area (Å²) in [6.45, 7) is 0. The van der Waals surface area contributed by atoms with E-state index in [1.165, 1.54) is 0 Å². The maximum atomic E-state index is 9.19. The molecule has 0 aromatic heterocycles. The monoisotopic (exact) mass is 223 g/mol. The van der Waals surface area contributed by atoms with Crippen LogP contribution in [0, 0.1) is 0 Å². The van der Waals surface area contributed by atoms with Gasteiger partial charge in [-0.15, -0.1) is 0 Å². The van der Waals surface area contributed by atoms with Crippen LogP contribution in [0.2, 0.25) is 0 Å². The molecule has 0 heterocycles. The summed E-state index contributed by atoms with van der Waals surface area (Å²) in [5.41, 5.74) is 0. The van der Waals surface area contributed by atoms with Gasteiger partial charge in [-0.2, -0.15) is 8.42 Å². The molecule has 0 aliphatic heterocycles. The van der Waals surface area contributed by atoms with Crippen LogP contribution in [0.5, 0.6) is 0 Å². The number of hydrogen-bond donors (Lipinski definition) is 1. The Bertz CT molecular complexity index is 98.1. The minimum Gasteiger partial charge on any atom is -0.286 e. The summed E-state index contributed by atoms with van der Waals surface area (Å²) in [4.78, 5) is 0. The molecule has 0 spiro atoms. The van der Waals surface area contributed by atoms with E-state index in [0.29, 0.717) is 6.26 Å². The van der Waals surface area contributed by atoms with Crippen LogP contribution < -0.4 is 0 Å². The first kappa shape index (κ1) is 15.6. The van der Waals surface area contributed by atoms with E-state index in [4.69, 9.17) is 4.55 Å². The van der Waals surface area contributed by atoms with Gasteiger partial charge in [0.05, 0.1) is 6.26 Å². The standard InChI is InChI=1S/CH4O3S.Ag.FH/c1-5(2,3)4;;/h1H3,(H,2,3,4);;1H. The van der Waals surface area contributed by atoms with Crippen LogP contribution in [-0.4, -0.2) is 19.2 Å². The van der Waals surface area contributed by atoms with Gasteiger partial charge in [0.25, 0.3) is 10.1 Å². The van der Waals surface area contributed by atoms with Crippen LogP contribution in [-0.2, 0) is 32.5 Å². The first-order valence-corrected chi connectivity index (χ1v) is 2.77. The molecular formula is CH5AgFO3S. The van der Waals surface area contributed by atoms with Crippen LogP contribution >= 0.6 is 0 Å². The fraction of sp³-hybridized carbons (Fsp3) is 1.00. The largest absolute Gasteiger partial charge is 0.286 e. The molecule has 0 aromatic rings. The quantitative estimate of drug-likeness (QED) is 0.452. The zero-order valence-corrected chi connectivity index (χ0v) is 5.68. The van der Waals surface area contributed by atoms with Gasteiger partial charge in [0, 0.05) is 22.4 Å². The Kier molecular flexibility index (Phi) is 10.6. The summed E-state index contributed by atoms with van der Waals surface area (Å²) in [5.74, 6) is 0. The third kappa shape index (κ3) is 410. The molecule has 0 rings (SSSR count). The Morgan fingerprint density at radius 1 is 1.43 bits per heavy atom. The first-order valence-electron chi connectivity index (χ1n) is 0.924. The first-order chi connectivity index (χ1) is 2.00. The molecule has 51 valence electrons. The Hall–Kier alpha value is 0.580. The topological polar surface area (TPSA) is 54.4 Å². The van der Waals surface area contributed by atoms with Gasteiger partial charge >= 0.3 is 0 Å². The van der Waals surface area contributed by atoms with E-state index < -0.39 is 10.1 Å². The summed E-state index contributed by atoms with van der Waals surface area (Å²) in [6.07, 6.45) is 0.715. The van der Waals surface area contributed by atoms with Crippen molar-refractivity contribution in [2.24, 2.45) is 0 Å². The van der Waals surface area contributed by atoms with Crippen molar-refractivity contribution in [3.05, 3.63) is 0 Å². The number of halogens is 1. The molecule has 0 atom stereocenters. The second-order valence-electron chi connectivity index (χ2n) is 0.733. The Morgan fingerprint density at radius 3 is 1.43 bits per heavy atom. The van der Waals surface area contributed by atoms with Gasteiger partial charge in [0.1, 0.15) is 0 Å². The normalized spacial score (nSPS) is 8.29. The zero-order valence-electron chi connectivity index (χ0n) is 3.38. The van der Waals surface area contributed by atoms with E-state index in [0.717, 1.165) is 0 Å². The Morgan fingerprint density at radius 2 is 1.43 bits per heavy atom. The van der Waals surface area contributed by atoms with Crippen LogP contribution in [0.4, 0.5) is 4.70 Å². The summed E-state index contributed by atoms with van der Waals surface area (Å²) in [7, 11) is -3.67. The van der Waals surface area contributed by atoms with Crippen molar-refractivity contribution in [3.8, 4) is 0 Å². The van der Waals surface area contributed by atoms with E-state index in [2.05, 4.69) is 0 Å². The molecule has 0 aliphatic rings. The molecule has 6 heteroatoms. The molecule has 0 saturated heterocycles. The molecule has 3 nitrogen and oxygen atoms in total. The van der Waals surface area contributed by atoms with Crippen molar-refractivity contribution in [1.82, 2.24) is 0 Å². The summed E-state index contributed by atoms with van der Waals surface area (Å²) < 4.78 is 25.9. The molecule has 0 bridgehead atoms. The van der Waals surface area contributed by atoms with Crippen molar-refractivity contribution >= 4 is 10.1 Å². The van der Waals surface area contributed by atoms with Crippen LogP contribution in [0.1, 0.15) is 0 Å². The number of rotatable bonds is 0. The molecule has 1 N–H and O–H groups in total. The van der Waals surface area contributed by atoms with Gasteiger partial charge in [-0.05, 0) is 0 Å². The molecular weight excluding hydrogens is 219 g/mol. The maximum absolute atomic E-state index is 9.19. The SMILES string of the molecule is CS(=O)(=O)O.F.[Ag]. The zero-order chi connectivity index (χ0) is 4.50. The smallest absolute Gasteiger partial charge is 0.261 e. The van der Waals surface area contributed by atoms with Gasteiger partial charge in [-0.1, -0.05) is 0 Å². The van der Waals surface area contributed by atoms with Crippen LogP contribution in [0.25, 0.3) is 0 Å². The van der Waals surface area contributed by atoms with E-state index in [1.807, 2.05) is 0 Å². The fourth-order valence-electron chi connectivity index (χ4n) is 0. The van der Waals surface area contributed by atoms with Crippen LogP contribution in [0.15, 0.2) is 0 Å². The van der Waals surface area contributed by atoms with Crippen molar-refractivity contribution in [2.75, 3.05) is 6.26 Å². The molecule has 1 radical (unpaired) electrons. The minimum atomic E-state index is -3.67. The summed E-state index contributed by atoms with van der Waals surface area (Å²) in [5, 5.41) is 0. The average Bonchev–Trinajstić information content (AvgIpc) is 0.722. The predicted molar refractivity (Wildman–Crippen MR) is 20.0 cm³/mol. The Labute approximate surface area is 56.7 Å². The number of hydrogen-bond acceptors (Lipinski definition) is 2. The molecule has 0 amide bonds. The van der Waals surface area contributed by atoms with Gasteiger partial charge in [0.2, 0.25) is 0 Å². The van der Waals surface area contributed by atoms with E-state index in [9.17, 15) is 8.42 Å². The van der Waals surface area contributed by atoms with Gasteiger partial charge in [-0.25, -0.2) is 0 Å². The summed E-state index contributed by atoms with van der Waals surface area (Å²) in [6, 6.07) is 0. The molecule has 0 fully saturated rings. The van der Waals surface area contributed by atoms with Crippen LogP contribution in [0.3, 0.4) is 0 Å². The van der Waals surface area contributed by atoms with Crippen molar-refractivity contribution in [3.63, 3.8) is 0 Å². The maximum Gasteiger partial charge on any atom is 0.261 e. The third-order valence-corrected chi connectivity index (χ3v) is 0. The second-order valence-corrected chi connectivity index (χ2v) is 2.20. The predicted octanol–water partition coefficient (Wildman–Crippen LogP) is -0.346. The van der Waals surface area contributed by atoms with Crippen molar-refractivity contribution in [2.45, 2.75) is 0 Å². The third-order valence-electron chi connectivity index (χ3n) is 0.